The third kappa shape index (κ3) is 2.87. The Morgan fingerprint density at radius 1 is 1.56 bits per heavy atom. The summed E-state index contributed by atoms with van der Waals surface area (Å²) >= 11 is 1.37. The highest BCUT2D eigenvalue weighted by Crippen LogP contribution is 2.42. The van der Waals surface area contributed by atoms with E-state index in [2.05, 4.69) is 20.8 Å². The number of nitrogens with zero attached hydrogens (tertiary/aromatic N) is 1. The molecule has 2 rings (SSSR count). The van der Waals surface area contributed by atoms with Gasteiger partial charge in [0.2, 0.25) is 0 Å². The number of hydrogen-bond donors (Lipinski definition) is 0. The van der Waals surface area contributed by atoms with Gasteiger partial charge in [0, 0.05) is 12.8 Å². The zero-order valence-corrected chi connectivity index (χ0v) is 12.9. The van der Waals surface area contributed by atoms with Gasteiger partial charge in [0.05, 0.1) is 16.7 Å². The Morgan fingerprint density at radius 2 is 2.22 bits per heavy atom. The van der Waals surface area contributed by atoms with Crippen LogP contribution in [0.4, 0.5) is 5.69 Å². The van der Waals surface area contributed by atoms with Crippen molar-refractivity contribution in [2.45, 2.75) is 25.2 Å². The normalized spacial score (nSPS) is 19.1. The standard InChI is InChI=1S/C12H16BrNO3S/c1-12(2)7-14(3)10-5-8(6-18(15)16)4-9(13)11(10)17-12/h4-5H,6-7H2,1-3H3,(H,15,16)/p-1. The Kier molecular flexibility index (Phi) is 3.71. The number of hydrogen-bond acceptors (Lipinski definition) is 4. The van der Waals surface area contributed by atoms with E-state index in [0.29, 0.717) is 0 Å². The molecule has 1 aliphatic heterocycles. The van der Waals surface area contributed by atoms with Crippen LogP contribution in [0.2, 0.25) is 0 Å². The molecule has 100 valence electrons. The van der Waals surface area contributed by atoms with Crippen LogP contribution >= 0.6 is 15.9 Å². The molecule has 0 saturated carbocycles. The van der Waals surface area contributed by atoms with E-state index in [4.69, 9.17) is 4.74 Å². The van der Waals surface area contributed by atoms with Gasteiger partial charge < -0.3 is 14.2 Å². The molecule has 6 heteroatoms. The molecule has 0 bridgehead atoms. The summed E-state index contributed by atoms with van der Waals surface area (Å²) in [6.07, 6.45) is 0. The molecule has 1 unspecified atom stereocenters. The van der Waals surface area contributed by atoms with Crippen LogP contribution in [-0.4, -0.2) is 28.0 Å². The highest BCUT2D eigenvalue weighted by atomic mass is 79.9. The van der Waals surface area contributed by atoms with Crippen molar-refractivity contribution >= 4 is 32.7 Å². The maximum Gasteiger partial charge on any atom is 0.157 e. The first kappa shape index (κ1) is 13.8. The first-order valence-corrected chi connectivity index (χ1v) is 7.61. The van der Waals surface area contributed by atoms with E-state index < -0.39 is 11.1 Å². The van der Waals surface area contributed by atoms with Crippen LogP contribution in [0.15, 0.2) is 16.6 Å². The summed E-state index contributed by atoms with van der Waals surface area (Å²) in [5, 5.41) is 0. The molecule has 1 heterocycles. The second kappa shape index (κ2) is 4.83. The van der Waals surface area contributed by atoms with Gasteiger partial charge in [-0.1, -0.05) is 11.1 Å². The summed E-state index contributed by atoms with van der Waals surface area (Å²) in [4.78, 5) is 2.08. The molecule has 1 atom stereocenters. The van der Waals surface area contributed by atoms with Gasteiger partial charge in [-0.05, 0) is 47.5 Å². The molecule has 0 N–H and O–H groups in total. The second-order valence-electron chi connectivity index (χ2n) is 5.09. The van der Waals surface area contributed by atoms with Crippen LogP contribution in [-0.2, 0) is 16.8 Å². The minimum absolute atomic E-state index is 0.0170. The van der Waals surface area contributed by atoms with E-state index in [0.717, 1.165) is 28.0 Å². The third-order valence-electron chi connectivity index (χ3n) is 2.78. The van der Waals surface area contributed by atoms with Gasteiger partial charge >= 0.3 is 0 Å². The minimum Gasteiger partial charge on any atom is -0.772 e. The Labute approximate surface area is 118 Å². The Hall–Kier alpha value is -0.590. The van der Waals surface area contributed by atoms with Crippen molar-refractivity contribution < 1.29 is 13.5 Å². The Morgan fingerprint density at radius 3 is 2.83 bits per heavy atom. The number of ether oxygens (including phenoxy) is 1. The molecule has 1 aromatic rings. The molecule has 0 saturated heterocycles. The van der Waals surface area contributed by atoms with Crippen LogP contribution in [0.25, 0.3) is 0 Å². The largest absolute Gasteiger partial charge is 0.772 e. The summed E-state index contributed by atoms with van der Waals surface area (Å²) in [6, 6.07) is 3.66. The van der Waals surface area contributed by atoms with Crippen molar-refractivity contribution in [3.63, 3.8) is 0 Å². The van der Waals surface area contributed by atoms with Gasteiger partial charge in [0.1, 0.15) is 5.60 Å². The average molecular weight is 333 g/mol. The van der Waals surface area contributed by atoms with Gasteiger partial charge in [-0.25, -0.2) is 0 Å². The predicted molar refractivity (Wildman–Crippen MR) is 74.7 cm³/mol. The maximum atomic E-state index is 10.8. The zero-order valence-electron chi connectivity index (χ0n) is 10.5. The van der Waals surface area contributed by atoms with Crippen molar-refractivity contribution in [2.75, 3.05) is 18.5 Å². The van der Waals surface area contributed by atoms with E-state index in [-0.39, 0.29) is 11.4 Å². The van der Waals surface area contributed by atoms with E-state index in [1.54, 1.807) is 6.07 Å². The fraction of sp³-hybridized carbons (Fsp3) is 0.500. The fourth-order valence-electron chi connectivity index (χ4n) is 2.20. The molecule has 0 fully saturated rings. The number of halogens is 1. The van der Waals surface area contributed by atoms with Crippen LogP contribution in [0.3, 0.4) is 0 Å². The molecule has 1 aliphatic rings. The predicted octanol–water partition coefficient (Wildman–Crippen LogP) is 2.44. The smallest absolute Gasteiger partial charge is 0.157 e. The van der Waals surface area contributed by atoms with Crippen LogP contribution in [0.1, 0.15) is 19.4 Å². The quantitative estimate of drug-likeness (QED) is 0.780. The summed E-state index contributed by atoms with van der Waals surface area (Å²) < 4.78 is 28.3. The van der Waals surface area contributed by atoms with Crippen molar-refractivity contribution in [2.24, 2.45) is 0 Å². The van der Waals surface area contributed by atoms with E-state index in [1.807, 2.05) is 27.0 Å². The lowest BCUT2D eigenvalue weighted by Crippen LogP contribution is -2.45. The van der Waals surface area contributed by atoms with Crippen molar-refractivity contribution in [3.8, 4) is 5.75 Å². The molecule has 0 aliphatic carbocycles. The number of fused-ring (bicyclic) bond motifs is 1. The molecule has 4 nitrogen and oxygen atoms in total. The van der Waals surface area contributed by atoms with Gasteiger partial charge in [0.15, 0.2) is 5.75 Å². The molecule has 0 radical (unpaired) electrons. The van der Waals surface area contributed by atoms with Crippen molar-refractivity contribution in [1.82, 2.24) is 0 Å². The van der Waals surface area contributed by atoms with Crippen LogP contribution in [0, 0.1) is 0 Å². The lowest BCUT2D eigenvalue weighted by Gasteiger charge is -2.39. The van der Waals surface area contributed by atoms with Crippen LogP contribution < -0.4 is 9.64 Å². The molecule has 0 aromatic heterocycles. The number of benzene rings is 1. The second-order valence-corrected chi connectivity index (χ2v) is 6.84. The third-order valence-corrected chi connectivity index (χ3v) is 3.93. The zero-order chi connectivity index (χ0) is 13.5. The topological polar surface area (TPSA) is 52.6 Å². The summed E-state index contributed by atoms with van der Waals surface area (Å²) in [5.41, 5.74) is 1.42. The number of rotatable bonds is 2. The highest BCUT2D eigenvalue weighted by Gasteiger charge is 2.31. The first-order chi connectivity index (χ1) is 8.28. The summed E-state index contributed by atoms with van der Waals surface area (Å²) in [7, 11) is 1.98. The van der Waals surface area contributed by atoms with Crippen molar-refractivity contribution in [1.29, 1.82) is 0 Å². The number of likely N-dealkylation sites (N-methyl/N-ethyl adjacent to an activating group) is 1. The maximum absolute atomic E-state index is 10.8. The Bertz CT molecular complexity index is 504. The van der Waals surface area contributed by atoms with Crippen LogP contribution in [0.5, 0.6) is 5.75 Å². The molecular weight excluding hydrogens is 318 g/mol. The Balaban J connectivity index is 2.45. The SMILES string of the molecule is CN1CC(C)(C)Oc2c(Br)cc(CS(=O)[O-])cc21. The monoisotopic (exact) mass is 332 g/mol. The number of anilines is 1. The van der Waals surface area contributed by atoms with Gasteiger partial charge in [0.25, 0.3) is 0 Å². The molecule has 0 spiro atoms. The summed E-state index contributed by atoms with van der Waals surface area (Å²) in [5.74, 6) is 0.789. The highest BCUT2D eigenvalue weighted by molar-refractivity contribution is 9.10. The van der Waals surface area contributed by atoms with Gasteiger partial charge in [-0.2, -0.15) is 0 Å². The van der Waals surface area contributed by atoms with E-state index >= 15 is 0 Å². The molecular formula is C12H15BrNO3S-. The van der Waals surface area contributed by atoms with E-state index in [1.165, 1.54) is 0 Å². The lowest BCUT2D eigenvalue weighted by molar-refractivity contribution is 0.106. The fourth-order valence-corrected chi connectivity index (χ4v) is 3.22. The molecule has 1 aromatic carbocycles. The molecule has 0 amide bonds. The van der Waals surface area contributed by atoms with E-state index in [9.17, 15) is 8.76 Å². The minimum atomic E-state index is -2.08. The van der Waals surface area contributed by atoms with Gasteiger partial charge in [-0.3, -0.25) is 4.21 Å². The lowest BCUT2D eigenvalue weighted by atomic mass is 10.0. The average Bonchev–Trinajstić information content (AvgIpc) is 2.18. The summed E-state index contributed by atoms with van der Waals surface area (Å²) in [6.45, 7) is 4.81. The van der Waals surface area contributed by atoms with Gasteiger partial charge in [-0.15, -0.1) is 0 Å². The van der Waals surface area contributed by atoms with Crippen molar-refractivity contribution in [3.05, 3.63) is 22.2 Å². The first-order valence-electron chi connectivity index (χ1n) is 5.57. The molecule has 18 heavy (non-hydrogen) atoms.